The lowest BCUT2D eigenvalue weighted by molar-refractivity contribution is -0.384. The minimum absolute atomic E-state index is 0.0587. The van der Waals surface area contributed by atoms with Gasteiger partial charge in [0.25, 0.3) is 11.6 Å². The number of nitro groups is 1. The number of carbonyl (C=O) groups is 1. The first-order valence-corrected chi connectivity index (χ1v) is 7.12. The smallest absolute Gasteiger partial charge is 0.270 e. The zero-order valence-corrected chi connectivity index (χ0v) is 12.0. The molecule has 0 aromatic heterocycles. The maximum absolute atomic E-state index is 12.3. The molecule has 1 saturated carbocycles. The Morgan fingerprint density at radius 3 is 2.75 bits per heavy atom. The molecule has 0 saturated heterocycles. The third kappa shape index (κ3) is 3.28. The van der Waals surface area contributed by atoms with Crippen molar-refractivity contribution < 1.29 is 9.72 Å². The van der Waals surface area contributed by atoms with Gasteiger partial charge in [0.15, 0.2) is 0 Å². The lowest BCUT2D eigenvalue weighted by atomic mass is 9.94. The third-order valence-corrected chi connectivity index (χ3v) is 4.20. The van der Waals surface area contributed by atoms with Gasteiger partial charge in [-0.3, -0.25) is 14.9 Å². The van der Waals surface area contributed by atoms with Gasteiger partial charge in [0.05, 0.1) is 10.3 Å². The monoisotopic (exact) mass is 296 g/mol. The lowest BCUT2D eigenvalue weighted by Crippen LogP contribution is -2.43. The molecule has 108 valence electrons. The molecular weight excluding hydrogens is 280 g/mol. The van der Waals surface area contributed by atoms with Crippen LogP contribution in [-0.2, 0) is 0 Å². The van der Waals surface area contributed by atoms with Crippen LogP contribution in [0.1, 0.15) is 41.6 Å². The van der Waals surface area contributed by atoms with Crippen molar-refractivity contribution in [3.05, 3.63) is 39.4 Å². The van der Waals surface area contributed by atoms with E-state index in [1.807, 2.05) is 0 Å². The number of hydrogen-bond acceptors (Lipinski definition) is 3. The van der Waals surface area contributed by atoms with Crippen LogP contribution >= 0.6 is 11.6 Å². The van der Waals surface area contributed by atoms with E-state index in [4.69, 9.17) is 11.6 Å². The lowest BCUT2D eigenvalue weighted by Gasteiger charge is -2.28. The van der Waals surface area contributed by atoms with Crippen molar-refractivity contribution in [2.24, 2.45) is 0 Å². The number of benzene rings is 1. The van der Waals surface area contributed by atoms with Crippen LogP contribution < -0.4 is 5.32 Å². The standard InChI is InChI=1S/C14H17ClN2O3/c1-9-6-7-10(17(19)20)8-11(9)14(18)16-13-5-3-2-4-12(13)15/h6-8,12-13H,2-5H2,1H3,(H,16,18). The predicted molar refractivity (Wildman–Crippen MR) is 77.2 cm³/mol. The molecule has 2 rings (SSSR count). The van der Waals surface area contributed by atoms with Crippen LogP contribution in [0.4, 0.5) is 5.69 Å². The maximum atomic E-state index is 12.3. The van der Waals surface area contributed by atoms with Gasteiger partial charge in [-0.15, -0.1) is 11.6 Å². The van der Waals surface area contributed by atoms with Crippen molar-refractivity contribution in [2.75, 3.05) is 0 Å². The number of hydrogen-bond donors (Lipinski definition) is 1. The zero-order valence-electron chi connectivity index (χ0n) is 11.3. The van der Waals surface area contributed by atoms with E-state index >= 15 is 0 Å². The quantitative estimate of drug-likeness (QED) is 0.529. The summed E-state index contributed by atoms with van der Waals surface area (Å²) >= 11 is 6.21. The Balaban J connectivity index is 2.16. The first-order chi connectivity index (χ1) is 9.49. The molecule has 0 heterocycles. The second kappa shape index (κ2) is 6.22. The molecule has 0 radical (unpaired) electrons. The van der Waals surface area contributed by atoms with E-state index < -0.39 is 4.92 Å². The van der Waals surface area contributed by atoms with Crippen molar-refractivity contribution in [1.29, 1.82) is 0 Å². The summed E-state index contributed by atoms with van der Waals surface area (Å²) in [5, 5.41) is 13.6. The van der Waals surface area contributed by atoms with Gasteiger partial charge in [-0.2, -0.15) is 0 Å². The van der Waals surface area contributed by atoms with Crippen LogP contribution in [0.3, 0.4) is 0 Å². The Labute approximate surface area is 122 Å². The van der Waals surface area contributed by atoms with E-state index in [2.05, 4.69) is 5.32 Å². The van der Waals surface area contributed by atoms with Crippen molar-refractivity contribution in [1.82, 2.24) is 5.32 Å². The number of alkyl halides is 1. The minimum Gasteiger partial charge on any atom is -0.348 e. The number of aryl methyl sites for hydroxylation is 1. The molecule has 1 aromatic rings. The summed E-state index contributed by atoms with van der Waals surface area (Å²) in [4.78, 5) is 22.5. The van der Waals surface area contributed by atoms with Crippen LogP contribution in [0.25, 0.3) is 0 Å². The third-order valence-electron chi connectivity index (χ3n) is 3.67. The molecule has 6 heteroatoms. The highest BCUT2D eigenvalue weighted by Gasteiger charge is 2.26. The number of non-ortho nitro benzene ring substituents is 1. The van der Waals surface area contributed by atoms with Crippen LogP contribution in [0.5, 0.6) is 0 Å². The molecule has 2 atom stereocenters. The fraction of sp³-hybridized carbons (Fsp3) is 0.500. The van der Waals surface area contributed by atoms with Crippen molar-refractivity contribution in [2.45, 2.75) is 44.0 Å². The molecule has 20 heavy (non-hydrogen) atoms. The number of carbonyl (C=O) groups excluding carboxylic acids is 1. The molecule has 5 nitrogen and oxygen atoms in total. The number of amides is 1. The van der Waals surface area contributed by atoms with Crippen molar-refractivity contribution in [3.63, 3.8) is 0 Å². The highest BCUT2D eigenvalue weighted by atomic mass is 35.5. The SMILES string of the molecule is Cc1ccc([N+](=O)[O-])cc1C(=O)NC1CCCCC1Cl. The molecule has 1 aliphatic carbocycles. The molecule has 0 aliphatic heterocycles. The topological polar surface area (TPSA) is 72.2 Å². The molecule has 2 unspecified atom stereocenters. The summed E-state index contributed by atoms with van der Waals surface area (Å²) in [6.45, 7) is 1.76. The number of nitrogens with zero attached hydrogens (tertiary/aromatic N) is 1. The van der Waals surface area contributed by atoms with Crippen molar-refractivity contribution >= 4 is 23.2 Å². The van der Waals surface area contributed by atoms with E-state index in [1.54, 1.807) is 13.0 Å². The highest BCUT2D eigenvalue weighted by Crippen LogP contribution is 2.24. The van der Waals surface area contributed by atoms with E-state index in [0.717, 1.165) is 31.2 Å². The van der Waals surface area contributed by atoms with Crippen LogP contribution in [0, 0.1) is 17.0 Å². The Bertz CT molecular complexity index is 533. The molecule has 0 bridgehead atoms. The number of nitrogens with one attached hydrogen (secondary N) is 1. The van der Waals surface area contributed by atoms with Gasteiger partial charge >= 0.3 is 0 Å². The molecule has 1 aromatic carbocycles. The fourth-order valence-electron chi connectivity index (χ4n) is 2.46. The average Bonchev–Trinajstić information content (AvgIpc) is 2.41. The molecule has 1 aliphatic rings. The van der Waals surface area contributed by atoms with E-state index in [9.17, 15) is 14.9 Å². The zero-order chi connectivity index (χ0) is 14.7. The first kappa shape index (κ1) is 14.8. The Morgan fingerprint density at radius 2 is 2.10 bits per heavy atom. The summed E-state index contributed by atoms with van der Waals surface area (Å²) < 4.78 is 0. The normalized spacial score (nSPS) is 22.3. The van der Waals surface area contributed by atoms with Crippen LogP contribution in [0.15, 0.2) is 18.2 Å². The number of rotatable bonds is 3. The number of nitro benzene ring substituents is 1. The maximum Gasteiger partial charge on any atom is 0.270 e. The van der Waals surface area contributed by atoms with Gasteiger partial charge in [0.2, 0.25) is 0 Å². The van der Waals surface area contributed by atoms with Gasteiger partial charge in [-0.1, -0.05) is 18.9 Å². The Morgan fingerprint density at radius 1 is 1.40 bits per heavy atom. The minimum atomic E-state index is -0.499. The number of halogens is 1. The molecule has 0 spiro atoms. The first-order valence-electron chi connectivity index (χ1n) is 6.69. The summed E-state index contributed by atoms with van der Waals surface area (Å²) in [6, 6.07) is 4.25. The summed E-state index contributed by atoms with van der Waals surface area (Å²) in [7, 11) is 0. The summed E-state index contributed by atoms with van der Waals surface area (Å²) in [5.74, 6) is -0.288. The molecule has 1 amide bonds. The largest absolute Gasteiger partial charge is 0.348 e. The van der Waals surface area contributed by atoms with E-state index in [0.29, 0.717) is 5.56 Å². The second-order valence-electron chi connectivity index (χ2n) is 5.14. The average molecular weight is 297 g/mol. The van der Waals surface area contributed by atoms with Gasteiger partial charge in [-0.05, 0) is 25.3 Å². The molecule has 1 N–H and O–H groups in total. The predicted octanol–water partition coefficient (Wildman–Crippen LogP) is 3.18. The summed E-state index contributed by atoms with van der Waals surface area (Å²) in [5.41, 5.74) is 0.982. The van der Waals surface area contributed by atoms with Gasteiger partial charge in [0.1, 0.15) is 0 Å². The van der Waals surface area contributed by atoms with Gasteiger partial charge in [0, 0.05) is 23.7 Å². The van der Waals surface area contributed by atoms with E-state index in [-0.39, 0.29) is 23.0 Å². The van der Waals surface area contributed by atoms with Crippen LogP contribution in [-0.4, -0.2) is 22.2 Å². The Hall–Kier alpha value is -1.62. The fourth-order valence-corrected chi connectivity index (χ4v) is 2.81. The second-order valence-corrected chi connectivity index (χ2v) is 5.70. The molecule has 1 fully saturated rings. The highest BCUT2D eigenvalue weighted by molar-refractivity contribution is 6.21. The summed E-state index contributed by atoms with van der Waals surface area (Å²) in [6.07, 6.45) is 3.87. The Kier molecular flexibility index (Phi) is 4.60. The van der Waals surface area contributed by atoms with Crippen molar-refractivity contribution in [3.8, 4) is 0 Å². The molecular formula is C14H17ClN2O3. The van der Waals surface area contributed by atoms with Gasteiger partial charge < -0.3 is 5.32 Å². The van der Waals surface area contributed by atoms with E-state index in [1.165, 1.54) is 12.1 Å². The van der Waals surface area contributed by atoms with Crippen LogP contribution in [0.2, 0.25) is 0 Å². The van der Waals surface area contributed by atoms with Gasteiger partial charge in [-0.25, -0.2) is 0 Å².